The van der Waals surface area contributed by atoms with E-state index in [-0.39, 0.29) is 11.6 Å². The zero-order valence-corrected chi connectivity index (χ0v) is 19.6. The highest BCUT2D eigenvalue weighted by Gasteiger charge is 2.20. The number of carbonyl (C=O) groups excluding carboxylic acids is 2. The van der Waals surface area contributed by atoms with Crippen molar-refractivity contribution in [2.75, 3.05) is 31.5 Å². The second-order valence-corrected chi connectivity index (χ2v) is 7.60. The van der Waals surface area contributed by atoms with E-state index < -0.39 is 6.09 Å². The van der Waals surface area contributed by atoms with Crippen LogP contribution in [0, 0.1) is 18.3 Å². The molecule has 0 saturated heterocycles. The quantitative estimate of drug-likeness (QED) is 0.467. The minimum Gasteiger partial charge on any atom is -0.495 e. The van der Waals surface area contributed by atoms with E-state index in [2.05, 4.69) is 26.1 Å². The number of methoxy groups -OCH3 is 2. The molecule has 2 amide bonds. The zero-order valence-electron chi connectivity index (χ0n) is 19.6. The Morgan fingerprint density at radius 3 is 2.54 bits per heavy atom. The number of amides is 2. The number of carbonyl (C=O) groups is 2. The highest BCUT2D eigenvalue weighted by Crippen LogP contribution is 2.27. The van der Waals surface area contributed by atoms with Crippen LogP contribution in [0.3, 0.4) is 0 Å². The van der Waals surface area contributed by atoms with Crippen LogP contribution in [0.25, 0.3) is 16.9 Å². The minimum atomic E-state index is -0.554. The first kappa shape index (κ1) is 23.3. The molecule has 0 aliphatic rings. The highest BCUT2D eigenvalue weighted by atomic mass is 16.5. The van der Waals surface area contributed by atoms with E-state index in [9.17, 15) is 14.9 Å². The molecule has 2 heterocycles. The normalized spacial score (nSPS) is 10.5. The molecular formula is C25H22N6O4. The second kappa shape index (κ2) is 9.52. The summed E-state index contributed by atoms with van der Waals surface area (Å²) in [6.45, 7) is 1.79. The summed E-state index contributed by atoms with van der Waals surface area (Å²) < 4.78 is 11.7. The predicted molar refractivity (Wildman–Crippen MR) is 130 cm³/mol. The number of rotatable bonds is 5. The average molecular weight is 470 g/mol. The van der Waals surface area contributed by atoms with Gasteiger partial charge in [-0.2, -0.15) is 5.26 Å². The lowest BCUT2D eigenvalue weighted by Crippen LogP contribution is -2.27. The fraction of sp³-hybridized carbons (Fsp3) is 0.160. The number of nitrogens with one attached hydrogen (secondary N) is 1. The Bertz CT molecular complexity index is 1470. The summed E-state index contributed by atoms with van der Waals surface area (Å²) in [5, 5.41) is 11.8. The highest BCUT2D eigenvalue weighted by molar-refractivity contribution is 6.04. The Hall–Kier alpha value is -4.91. The maximum Gasteiger partial charge on any atom is 0.411 e. The number of benzene rings is 2. The summed E-state index contributed by atoms with van der Waals surface area (Å²) in [7, 11) is 4.40. The van der Waals surface area contributed by atoms with Crippen LogP contribution in [0.2, 0.25) is 0 Å². The van der Waals surface area contributed by atoms with Gasteiger partial charge in [0, 0.05) is 36.2 Å². The molecule has 0 aliphatic heterocycles. The molecule has 0 radical (unpaired) electrons. The van der Waals surface area contributed by atoms with Gasteiger partial charge in [-0.25, -0.2) is 14.8 Å². The van der Waals surface area contributed by atoms with Crippen molar-refractivity contribution in [3.63, 3.8) is 0 Å². The molecule has 4 rings (SSSR count). The van der Waals surface area contributed by atoms with E-state index in [4.69, 9.17) is 4.74 Å². The minimum absolute atomic E-state index is 0.226. The van der Waals surface area contributed by atoms with Crippen LogP contribution in [0.4, 0.5) is 16.2 Å². The van der Waals surface area contributed by atoms with Gasteiger partial charge in [0.2, 0.25) is 0 Å². The standard InChI is InChI=1S/C25H22N6O4/c1-15-23-27-13-21(16-5-8-18(9-6-16)29-25(33)35-4)31(23)14-20(28-15)24(32)30(2)19-10-7-17(12-26)22(11-19)34-3/h5-11,13-14H,1-4H3,(H,29,33). The van der Waals surface area contributed by atoms with E-state index >= 15 is 0 Å². The molecule has 0 unspecified atom stereocenters. The molecule has 4 aromatic rings. The summed E-state index contributed by atoms with van der Waals surface area (Å²) in [6, 6.07) is 14.1. The molecule has 0 fully saturated rings. The number of nitriles is 1. The molecule has 0 bridgehead atoms. The van der Waals surface area contributed by atoms with Crippen molar-refractivity contribution in [2.24, 2.45) is 0 Å². The lowest BCUT2D eigenvalue weighted by molar-refractivity contribution is 0.0987. The smallest absolute Gasteiger partial charge is 0.411 e. The SMILES string of the molecule is COC(=O)Nc1ccc(-c2cnc3c(C)nc(C(=O)N(C)c4ccc(C#N)c(OC)c4)cn23)cc1. The van der Waals surface area contributed by atoms with Gasteiger partial charge in [0.15, 0.2) is 5.65 Å². The van der Waals surface area contributed by atoms with E-state index in [0.29, 0.717) is 34.0 Å². The van der Waals surface area contributed by atoms with Crippen molar-refractivity contribution >= 4 is 29.0 Å². The fourth-order valence-corrected chi connectivity index (χ4v) is 3.62. The molecule has 35 heavy (non-hydrogen) atoms. The van der Waals surface area contributed by atoms with E-state index in [0.717, 1.165) is 11.3 Å². The monoisotopic (exact) mass is 470 g/mol. The number of aryl methyl sites for hydroxylation is 1. The van der Waals surface area contributed by atoms with Crippen LogP contribution >= 0.6 is 0 Å². The topological polar surface area (TPSA) is 122 Å². The first-order valence-corrected chi connectivity index (χ1v) is 10.5. The predicted octanol–water partition coefficient (Wildman–Crippen LogP) is 4.04. The van der Waals surface area contributed by atoms with Crippen molar-refractivity contribution in [3.8, 4) is 23.1 Å². The molecule has 176 valence electrons. The Kier molecular flexibility index (Phi) is 6.33. The molecule has 0 spiro atoms. The average Bonchev–Trinajstić information content (AvgIpc) is 3.32. The van der Waals surface area contributed by atoms with Gasteiger partial charge >= 0.3 is 6.09 Å². The molecule has 10 nitrogen and oxygen atoms in total. The van der Waals surface area contributed by atoms with Crippen LogP contribution in [0.15, 0.2) is 54.9 Å². The largest absolute Gasteiger partial charge is 0.495 e. The van der Waals surface area contributed by atoms with Gasteiger partial charge in [-0.15, -0.1) is 0 Å². The van der Waals surface area contributed by atoms with Gasteiger partial charge < -0.3 is 14.4 Å². The fourth-order valence-electron chi connectivity index (χ4n) is 3.62. The Labute approximate surface area is 201 Å². The lowest BCUT2D eigenvalue weighted by atomic mass is 10.1. The molecular weight excluding hydrogens is 448 g/mol. The van der Waals surface area contributed by atoms with E-state index in [1.54, 1.807) is 56.7 Å². The number of ether oxygens (including phenoxy) is 2. The van der Waals surface area contributed by atoms with Crippen molar-refractivity contribution in [3.05, 3.63) is 71.8 Å². The maximum absolute atomic E-state index is 13.3. The van der Waals surface area contributed by atoms with Crippen molar-refractivity contribution < 1.29 is 19.1 Å². The molecule has 0 saturated carbocycles. The second-order valence-electron chi connectivity index (χ2n) is 7.60. The third kappa shape index (κ3) is 4.47. The van der Waals surface area contributed by atoms with Crippen molar-refractivity contribution in [2.45, 2.75) is 6.92 Å². The first-order valence-electron chi connectivity index (χ1n) is 10.5. The van der Waals surface area contributed by atoms with Crippen molar-refractivity contribution in [1.29, 1.82) is 5.26 Å². The number of hydrogen-bond donors (Lipinski definition) is 1. The van der Waals surface area contributed by atoms with Gasteiger partial charge in [0.05, 0.1) is 37.4 Å². The van der Waals surface area contributed by atoms with Gasteiger partial charge in [0.1, 0.15) is 17.5 Å². The van der Waals surface area contributed by atoms with Gasteiger partial charge in [0.25, 0.3) is 5.91 Å². The van der Waals surface area contributed by atoms with Crippen molar-refractivity contribution in [1.82, 2.24) is 14.4 Å². The number of nitrogens with zero attached hydrogens (tertiary/aromatic N) is 5. The van der Waals surface area contributed by atoms with E-state index in [1.165, 1.54) is 19.1 Å². The van der Waals surface area contributed by atoms with E-state index in [1.807, 2.05) is 16.5 Å². The number of imidazole rings is 1. The Morgan fingerprint density at radius 1 is 1.14 bits per heavy atom. The Morgan fingerprint density at radius 2 is 1.89 bits per heavy atom. The lowest BCUT2D eigenvalue weighted by Gasteiger charge is -2.18. The summed E-state index contributed by atoms with van der Waals surface area (Å²) >= 11 is 0. The summed E-state index contributed by atoms with van der Waals surface area (Å²) in [4.78, 5) is 35.1. The molecule has 2 aromatic heterocycles. The van der Waals surface area contributed by atoms with Crippen LogP contribution in [0.1, 0.15) is 21.7 Å². The summed E-state index contributed by atoms with van der Waals surface area (Å²) in [5.74, 6) is 0.0466. The van der Waals surface area contributed by atoms with Crippen LogP contribution in [-0.4, -0.2) is 47.6 Å². The van der Waals surface area contributed by atoms with Gasteiger partial charge in [-0.1, -0.05) is 12.1 Å². The molecule has 0 atom stereocenters. The molecule has 2 aromatic carbocycles. The number of aromatic nitrogens is 3. The number of hydrogen-bond acceptors (Lipinski definition) is 7. The molecule has 10 heteroatoms. The zero-order chi connectivity index (χ0) is 25.1. The van der Waals surface area contributed by atoms with Gasteiger partial charge in [-0.3, -0.25) is 14.5 Å². The Balaban J connectivity index is 1.69. The van der Waals surface area contributed by atoms with Crippen LogP contribution in [0.5, 0.6) is 5.75 Å². The molecule has 1 N–H and O–H groups in total. The van der Waals surface area contributed by atoms with Gasteiger partial charge in [-0.05, 0) is 31.2 Å². The third-order valence-corrected chi connectivity index (χ3v) is 5.49. The van der Waals surface area contributed by atoms with Crippen LogP contribution < -0.4 is 15.0 Å². The summed E-state index contributed by atoms with van der Waals surface area (Å²) in [6.07, 6.45) is 2.79. The first-order chi connectivity index (χ1) is 16.9. The summed E-state index contributed by atoms with van der Waals surface area (Å²) in [5.41, 5.74) is 4.56. The maximum atomic E-state index is 13.3. The van der Waals surface area contributed by atoms with Crippen LogP contribution in [-0.2, 0) is 4.74 Å². The third-order valence-electron chi connectivity index (χ3n) is 5.49. The molecule has 0 aliphatic carbocycles. The number of anilines is 2. The number of fused-ring (bicyclic) bond motifs is 1.